The number of aliphatic hydroxyl groups excluding tert-OH is 1. The zero-order valence-electron chi connectivity index (χ0n) is 10.2. The molecule has 0 bridgehead atoms. The SMILES string of the molecule is O[C@H]1c2ccccc2C=C[C@H]1Cc1ccccc1. The summed E-state index contributed by atoms with van der Waals surface area (Å²) in [5, 5.41) is 10.4. The molecule has 1 aliphatic carbocycles. The van der Waals surface area contributed by atoms with E-state index in [1.54, 1.807) is 0 Å². The van der Waals surface area contributed by atoms with Crippen LogP contribution < -0.4 is 0 Å². The van der Waals surface area contributed by atoms with Crippen LogP contribution in [0.1, 0.15) is 22.8 Å². The highest BCUT2D eigenvalue weighted by Gasteiger charge is 2.23. The lowest BCUT2D eigenvalue weighted by Crippen LogP contribution is -2.17. The number of hydrogen-bond acceptors (Lipinski definition) is 1. The van der Waals surface area contributed by atoms with Crippen molar-refractivity contribution in [3.8, 4) is 0 Å². The van der Waals surface area contributed by atoms with Gasteiger partial charge in [0.1, 0.15) is 0 Å². The molecule has 0 saturated carbocycles. The van der Waals surface area contributed by atoms with Gasteiger partial charge in [-0.3, -0.25) is 0 Å². The standard InChI is InChI=1S/C17H16O/c18-17-15(12-13-6-2-1-3-7-13)11-10-14-8-4-5-9-16(14)17/h1-11,15,17-18H,12H2/t15-,17+/m0/s1. The Morgan fingerprint density at radius 3 is 2.44 bits per heavy atom. The van der Waals surface area contributed by atoms with E-state index in [4.69, 9.17) is 0 Å². The van der Waals surface area contributed by atoms with Crippen LogP contribution in [0.2, 0.25) is 0 Å². The Morgan fingerprint density at radius 2 is 1.61 bits per heavy atom. The fourth-order valence-corrected chi connectivity index (χ4v) is 2.56. The molecule has 1 heteroatoms. The van der Waals surface area contributed by atoms with E-state index in [1.165, 1.54) is 5.56 Å². The van der Waals surface area contributed by atoms with E-state index in [9.17, 15) is 5.11 Å². The maximum atomic E-state index is 10.4. The average Bonchev–Trinajstić information content (AvgIpc) is 2.43. The number of aliphatic hydroxyl groups is 1. The molecule has 1 N–H and O–H groups in total. The van der Waals surface area contributed by atoms with Crippen molar-refractivity contribution < 1.29 is 5.11 Å². The first-order valence-corrected chi connectivity index (χ1v) is 6.34. The van der Waals surface area contributed by atoms with Crippen LogP contribution in [0.5, 0.6) is 0 Å². The largest absolute Gasteiger partial charge is 0.388 e. The van der Waals surface area contributed by atoms with Crippen molar-refractivity contribution in [3.63, 3.8) is 0 Å². The zero-order chi connectivity index (χ0) is 12.4. The van der Waals surface area contributed by atoms with Crippen LogP contribution in [0.3, 0.4) is 0 Å². The van der Waals surface area contributed by atoms with Crippen molar-refractivity contribution in [1.82, 2.24) is 0 Å². The minimum atomic E-state index is -0.397. The maximum Gasteiger partial charge on any atom is 0.0861 e. The van der Waals surface area contributed by atoms with Crippen molar-refractivity contribution in [2.45, 2.75) is 12.5 Å². The normalized spacial score (nSPS) is 21.6. The van der Waals surface area contributed by atoms with Gasteiger partial charge in [0, 0.05) is 5.92 Å². The highest BCUT2D eigenvalue weighted by Crippen LogP contribution is 2.33. The molecule has 90 valence electrons. The number of rotatable bonds is 2. The van der Waals surface area contributed by atoms with Crippen molar-refractivity contribution in [1.29, 1.82) is 0 Å². The molecule has 1 aliphatic rings. The van der Waals surface area contributed by atoms with Crippen LogP contribution in [0.4, 0.5) is 0 Å². The predicted octanol–water partition coefficient (Wildman–Crippen LogP) is 3.61. The van der Waals surface area contributed by atoms with Crippen LogP contribution in [0.25, 0.3) is 6.08 Å². The third kappa shape index (κ3) is 2.09. The lowest BCUT2D eigenvalue weighted by Gasteiger charge is -2.25. The summed E-state index contributed by atoms with van der Waals surface area (Å²) in [5.74, 6) is 0.169. The molecule has 0 spiro atoms. The van der Waals surface area contributed by atoms with E-state index in [-0.39, 0.29) is 5.92 Å². The zero-order valence-corrected chi connectivity index (χ0v) is 10.2. The van der Waals surface area contributed by atoms with Crippen LogP contribution in [0.15, 0.2) is 60.7 Å². The van der Waals surface area contributed by atoms with Gasteiger partial charge in [-0.25, -0.2) is 0 Å². The quantitative estimate of drug-likeness (QED) is 0.844. The van der Waals surface area contributed by atoms with Crippen molar-refractivity contribution in [2.75, 3.05) is 0 Å². The summed E-state index contributed by atoms with van der Waals surface area (Å²) in [6, 6.07) is 18.4. The summed E-state index contributed by atoms with van der Waals surface area (Å²) >= 11 is 0. The number of hydrogen-bond donors (Lipinski definition) is 1. The minimum Gasteiger partial charge on any atom is -0.388 e. The molecule has 0 aliphatic heterocycles. The average molecular weight is 236 g/mol. The van der Waals surface area contributed by atoms with Gasteiger partial charge in [0.2, 0.25) is 0 Å². The molecular weight excluding hydrogens is 220 g/mol. The molecule has 18 heavy (non-hydrogen) atoms. The van der Waals surface area contributed by atoms with Gasteiger partial charge in [-0.15, -0.1) is 0 Å². The summed E-state index contributed by atoms with van der Waals surface area (Å²) in [6.45, 7) is 0. The first kappa shape index (κ1) is 11.2. The van der Waals surface area contributed by atoms with Gasteiger partial charge in [-0.2, -0.15) is 0 Å². The van der Waals surface area contributed by atoms with Crippen LogP contribution in [-0.4, -0.2) is 5.11 Å². The van der Waals surface area contributed by atoms with Gasteiger partial charge in [-0.1, -0.05) is 66.7 Å². The summed E-state index contributed by atoms with van der Waals surface area (Å²) in [7, 11) is 0. The van der Waals surface area contributed by atoms with Gasteiger partial charge in [0.05, 0.1) is 6.10 Å². The third-order valence-electron chi connectivity index (χ3n) is 3.56. The molecule has 0 unspecified atom stereocenters. The minimum absolute atomic E-state index is 0.169. The molecule has 0 amide bonds. The summed E-state index contributed by atoms with van der Waals surface area (Å²) in [4.78, 5) is 0. The van der Waals surface area contributed by atoms with Crippen LogP contribution in [0, 0.1) is 5.92 Å². The Morgan fingerprint density at radius 1 is 0.889 bits per heavy atom. The van der Waals surface area contributed by atoms with E-state index in [1.807, 2.05) is 42.5 Å². The first-order valence-electron chi connectivity index (χ1n) is 6.34. The highest BCUT2D eigenvalue weighted by atomic mass is 16.3. The Bertz CT molecular complexity index is 557. The fourth-order valence-electron chi connectivity index (χ4n) is 2.56. The van der Waals surface area contributed by atoms with Gasteiger partial charge >= 0.3 is 0 Å². The van der Waals surface area contributed by atoms with E-state index in [2.05, 4.69) is 24.3 Å². The van der Waals surface area contributed by atoms with Gasteiger partial charge < -0.3 is 5.11 Å². The summed E-state index contributed by atoms with van der Waals surface area (Å²) in [5.41, 5.74) is 3.45. The predicted molar refractivity (Wildman–Crippen MR) is 74.1 cm³/mol. The molecule has 0 fully saturated rings. The molecule has 3 rings (SSSR count). The Balaban J connectivity index is 1.85. The van der Waals surface area contributed by atoms with E-state index in [0.29, 0.717) is 0 Å². The van der Waals surface area contributed by atoms with Gasteiger partial charge in [0.15, 0.2) is 0 Å². The van der Waals surface area contributed by atoms with Crippen LogP contribution >= 0.6 is 0 Å². The van der Waals surface area contributed by atoms with Gasteiger partial charge in [0.25, 0.3) is 0 Å². The molecule has 2 atom stereocenters. The lowest BCUT2D eigenvalue weighted by molar-refractivity contribution is 0.130. The molecule has 2 aromatic carbocycles. The van der Waals surface area contributed by atoms with Crippen molar-refractivity contribution in [2.24, 2.45) is 5.92 Å². The number of benzene rings is 2. The first-order chi connectivity index (χ1) is 8.84. The second kappa shape index (κ2) is 4.79. The Labute approximate surface area is 107 Å². The molecule has 0 heterocycles. The lowest BCUT2D eigenvalue weighted by atomic mass is 9.83. The summed E-state index contributed by atoms with van der Waals surface area (Å²) in [6.07, 6.45) is 4.73. The fraction of sp³-hybridized carbons (Fsp3) is 0.176. The van der Waals surface area contributed by atoms with E-state index >= 15 is 0 Å². The Kier molecular flexibility index (Phi) is 2.99. The third-order valence-corrected chi connectivity index (χ3v) is 3.56. The number of fused-ring (bicyclic) bond motifs is 1. The molecule has 0 saturated heterocycles. The molecular formula is C17H16O. The summed E-state index contributed by atoms with van der Waals surface area (Å²) < 4.78 is 0. The molecule has 2 aromatic rings. The topological polar surface area (TPSA) is 20.2 Å². The molecule has 1 nitrogen and oxygen atoms in total. The van der Waals surface area contributed by atoms with Gasteiger partial charge in [-0.05, 0) is 23.1 Å². The highest BCUT2D eigenvalue weighted by molar-refractivity contribution is 5.57. The van der Waals surface area contributed by atoms with E-state index in [0.717, 1.165) is 17.5 Å². The maximum absolute atomic E-state index is 10.4. The van der Waals surface area contributed by atoms with Crippen molar-refractivity contribution in [3.05, 3.63) is 77.4 Å². The van der Waals surface area contributed by atoms with Crippen LogP contribution in [-0.2, 0) is 6.42 Å². The van der Waals surface area contributed by atoms with Crippen molar-refractivity contribution >= 4 is 6.08 Å². The smallest absolute Gasteiger partial charge is 0.0861 e. The monoisotopic (exact) mass is 236 g/mol. The molecule has 0 aromatic heterocycles. The molecule has 0 radical (unpaired) electrons. The van der Waals surface area contributed by atoms with E-state index < -0.39 is 6.10 Å². The Hall–Kier alpha value is -1.86. The second-order valence-corrected chi connectivity index (χ2v) is 4.79. The second-order valence-electron chi connectivity index (χ2n) is 4.79.